The zero-order valence-corrected chi connectivity index (χ0v) is 17.5. The predicted octanol–water partition coefficient (Wildman–Crippen LogP) is 3.26. The van der Waals surface area contributed by atoms with Crippen LogP contribution >= 0.6 is 0 Å². The fourth-order valence-corrected chi connectivity index (χ4v) is 3.77. The molecule has 31 heavy (non-hydrogen) atoms. The lowest BCUT2D eigenvalue weighted by Crippen LogP contribution is -2.38. The molecular weight excluding hydrogens is 392 g/mol. The number of carbonyl (C=O) groups is 2. The van der Waals surface area contributed by atoms with Gasteiger partial charge in [-0.1, -0.05) is 29.8 Å². The van der Waals surface area contributed by atoms with Crippen molar-refractivity contribution in [3.63, 3.8) is 0 Å². The third-order valence-electron chi connectivity index (χ3n) is 5.58. The molecule has 0 aliphatic carbocycles. The molecule has 0 spiro atoms. The number of primary amides is 1. The lowest BCUT2D eigenvalue weighted by Gasteiger charge is -2.31. The monoisotopic (exact) mass is 418 g/mol. The largest absolute Gasteiger partial charge is 0.481 e. The summed E-state index contributed by atoms with van der Waals surface area (Å²) in [5.74, 6) is 0.861. The third kappa shape index (κ3) is 4.94. The molecule has 0 radical (unpaired) electrons. The van der Waals surface area contributed by atoms with E-state index in [9.17, 15) is 9.59 Å². The molecule has 3 N–H and O–H groups in total. The van der Waals surface area contributed by atoms with Crippen LogP contribution < -0.4 is 20.7 Å². The minimum absolute atomic E-state index is 0.0670. The van der Waals surface area contributed by atoms with E-state index in [1.807, 2.05) is 61.5 Å². The van der Waals surface area contributed by atoms with Crippen molar-refractivity contribution in [1.29, 1.82) is 0 Å². The van der Waals surface area contributed by atoms with Gasteiger partial charge in [-0.3, -0.25) is 9.59 Å². The molecule has 0 bridgehead atoms. The summed E-state index contributed by atoms with van der Waals surface area (Å²) in [5.41, 5.74) is 8.01. The van der Waals surface area contributed by atoms with Gasteiger partial charge in [-0.15, -0.1) is 0 Å². The van der Waals surface area contributed by atoms with Crippen LogP contribution in [0, 0.1) is 12.8 Å². The molecule has 1 aromatic heterocycles. The Hall–Kier alpha value is -3.61. The number of ether oxygens (including phenoxy) is 1. The van der Waals surface area contributed by atoms with E-state index in [4.69, 9.17) is 15.5 Å². The van der Waals surface area contributed by atoms with Crippen molar-refractivity contribution in [2.45, 2.75) is 19.8 Å². The van der Waals surface area contributed by atoms with Crippen molar-refractivity contribution in [1.82, 2.24) is 4.98 Å². The summed E-state index contributed by atoms with van der Waals surface area (Å²) in [6, 6.07) is 17.2. The van der Waals surface area contributed by atoms with Crippen molar-refractivity contribution in [2.24, 2.45) is 11.7 Å². The van der Waals surface area contributed by atoms with Gasteiger partial charge in [0, 0.05) is 30.1 Å². The smallest absolute Gasteiger partial charge is 0.262 e. The lowest BCUT2D eigenvalue weighted by molar-refractivity contribution is -0.122. The number of amides is 2. The molecule has 0 unspecified atom stereocenters. The molecule has 1 saturated heterocycles. The summed E-state index contributed by atoms with van der Waals surface area (Å²) in [6.45, 7) is 3.35. The van der Waals surface area contributed by atoms with Gasteiger partial charge in [0.05, 0.1) is 0 Å². The topological polar surface area (TPSA) is 97.5 Å². The Morgan fingerprint density at radius 2 is 1.84 bits per heavy atom. The molecule has 4 rings (SSSR count). The maximum atomic E-state index is 12.3. The molecule has 3 aromatic rings. The van der Waals surface area contributed by atoms with E-state index in [1.165, 1.54) is 0 Å². The molecule has 1 aliphatic heterocycles. The van der Waals surface area contributed by atoms with Gasteiger partial charge in [-0.05, 0) is 50.1 Å². The summed E-state index contributed by atoms with van der Waals surface area (Å²) in [4.78, 5) is 30.7. The highest BCUT2D eigenvalue weighted by atomic mass is 16.5. The Morgan fingerprint density at radius 1 is 1.10 bits per heavy atom. The van der Waals surface area contributed by atoms with E-state index in [-0.39, 0.29) is 24.3 Å². The van der Waals surface area contributed by atoms with Crippen LogP contribution in [-0.4, -0.2) is 36.5 Å². The van der Waals surface area contributed by atoms with E-state index < -0.39 is 0 Å². The van der Waals surface area contributed by atoms with Crippen molar-refractivity contribution in [3.05, 3.63) is 60.2 Å². The Morgan fingerprint density at radius 3 is 2.55 bits per heavy atom. The molecule has 7 nitrogen and oxygen atoms in total. The maximum Gasteiger partial charge on any atom is 0.262 e. The average Bonchev–Trinajstić information content (AvgIpc) is 2.79. The number of aryl methyl sites for hydroxylation is 1. The van der Waals surface area contributed by atoms with Gasteiger partial charge in [0.25, 0.3) is 5.91 Å². The molecule has 1 aliphatic rings. The van der Waals surface area contributed by atoms with Crippen LogP contribution in [0.25, 0.3) is 10.9 Å². The van der Waals surface area contributed by atoms with Crippen LogP contribution in [-0.2, 0) is 9.59 Å². The molecule has 0 atom stereocenters. The Balaban J connectivity index is 1.45. The maximum absolute atomic E-state index is 12.3. The van der Waals surface area contributed by atoms with Gasteiger partial charge in [0.1, 0.15) is 17.1 Å². The number of piperidine rings is 1. The second-order valence-electron chi connectivity index (χ2n) is 7.86. The van der Waals surface area contributed by atoms with E-state index >= 15 is 0 Å². The van der Waals surface area contributed by atoms with Gasteiger partial charge in [0.2, 0.25) is 5.91 Å². The van der Waals surface area contributed by atoms with Crippen LogP contribution in [0.1, 0.15) is 18.4 Å². The molecule has 0 saturated carbocycles. The van der Waals surface area contributed by atoms with Crippen LogP contribution in [0.2, 0.25) is 0 Å². The first-order valence-electron chi connectivity index (χ1n) is 10.4. The first-order valence-corrected chi connectivity index (χ1v) is 10.4. The second-order valence-corrected chi connectivity index (χ2v) is 7.86. The number of pyridine rings is 1. The number of aromatic nitrogens is 1. The van der Waals surface area contributed by atoms with Crippen LogP contribution in [0.5, 0.6) is 5.75 Å². The Labute approximate surface area is 181 Å². The standard InChI is InChI=1S/C24H26N4O3/c1-16-5-8-19(9-6-16)26-22(29)15-31-20-4-2-3-17-7-10-21(27-23(17)20)28-13-11-18(12-14-28)24(25)30/h2-10,18H,11-15H2,1H3,(H2,25,30)(H,26,29). The fraction of sp³-hybridized carbons (Fsp3) is 0.292. The number of hydrogen-bond donors (Lipinski definition) is 2. The van der Waals surface area contributed by atoms with Crippen molar-refractivity contribution in [2.75, 3.05) is 29.9 Å². The summed E-state index contributed by atoms with van der Waals surface area (Å²) in [7, 11) is 0. The molecular formula is C24H26N4O3. The first kappa shape index (κ1) is 20.7. The van der Waals surface area contributed by atoms with Crippen LogP contribution in [0.3, 0.4) is 0 Å². The highest BCUT2D eigenvalue weighted by Gasteiger charge is 2.24. The number of anilines is 2. The summed E-state index contributed by atoms with van der Waals surface area (Å²) in [5, 5.41) is 3.77. The van der Waals surface area contributed by atoms with Crippen molar-refractivity contribution in [3.8, 4) is 5.75 Å². The summed E-state index contributed by atoms with van der Waals surface area (Å²) in [6.07, 6.45) is 1.46. The number of rotatable bonds is 6. The normalized spacial score (nSPS) is 14.4. The van der Waals surface area contributed by atoms with Crippen molar-refractivity contribution < 1.29 is 14.3 Å². The third-order valence-corrected chi connectivity index (χ3v) is 5.58. The van der Waals surface area contributed by atoms with E-state index in [1.54, 1.807) is 0 Å². The molecule has 2 aromatic carbocycles. The number of nitrogens with one attached hydrogen (secondary N) is 1. The minimum atomic E-state index is -0.231. The molecule has 2 amide bonds. The highest BCUT2D eigenvalue weighted by Crippen LogP contribution is 2.28. The minimum Gasteiger partial charge on any atom is -0.481 e. The SMILES string of the molecule is Cc1ccc(NC(=O)COc2cccc3ccc(N4CCC(C(N)=O)CC4)nc23)cc1. The number of nitrogens with two attached hydrogens (primary N) is 1. The fourth-order valence-electron chi connectivity index (χ4n) is 3.77. The first-order chi connectivity index (χ1) is 15.0. The zero-order chi connectivity index (χ0) is 21.8. The van der Waals surface area contributed by atoms with Crippen LogP contribution in [0.15, 0.2) is 54.6 Å². The summed E-state index contributed by atoms with van der Waals surface area (Å²) >= 11 is 0. The number of para-hydroxylation sites is 1. The van der Waals surface area contributed by atoms with Crippen LogP contribution in [0.4, 0.5) is 11.5 Å². The van der Waals surface area contributed by atoms with Gasteiger partial charge in [0.15, 0.2) is 6.61 Å². The van der Waals surface area contributed by atoms with E-state index in [0.29, 0.717) is 11.3 Å². The van der Waals surface area contributed by atoms with E-state index in [0.717, 1.165) is 48.4 Å². The number of benzene rings is 2. The molecule has 2 heterocycles. The number of hydrogen-bond acceptors (Lipinski definition) is 5. The lowest BCUT2D eigenvalue weighted by atomic mass is 9.96. The van der Waals surface area contributed by atoms with Gasteiger partial charge < -0.3 is 20.7 Å². The van der Waals surface area contributed by atoms with Gasteiger partial charge in [-0.25, -0.2) is 4.98 Å². The highest BCUT2D eigenvalue weighted by molar-refractivity contribution is 5.92. The van der Waals surface area contributed by atoms with Crippen molar-refractivity contribution >= 4 is 34.2 Å². The number of carbonyl (C=O) groups excluding carboxylic acids is 2. The average molecular weight is 418 g/mol. The quantitative estimate of drug-likeness (QED) is 0.640. The Kier molecular flexibility index (Phi) is 6.02. The zero-order valence-electron chi connectivity index (χ0n) is 17.5. The van der Waals surface area contributed by atoms with Gasteiger partial charge in [-0.2, -0.15) is 0 Å². The van der Waals surface area contributed by atoms with Gasteiger partial charge >= 0.3 is 0 Å². The Bertz CT molecular complexity index is 1090. The predicted molar refractivity (Wildman–Crippen MR) is 121 cm³/mol. The molecule has 7 heteroatoms. The summed E-state index contributed by atoms with van der Waals surface area (Å²) < 4.78 is 5.81. The number of fused-ring (bicyclic) bond motifs is 1. The second kappa shape index (κ2) is 9.04. The molecule has 160 valence electrons. The van der Waals surface area contributed by atoms with E-state index in [2.05, 4.69) is 10.2 Å². The number of nitrogens with zero attached hydrogens (tertiary/aromatic N) is 2. The molecule has 1 fully saturated rings.